The number of amides is 2. The Balaban J connectivity index is 1.66. The SMILES string of the molecule is CCc1cccc(CC)c1NC(=O)c1ccc(NC(=O)Cc2ccccc2)cc1. The van der Waals surface area contributed by atoms with E-state index in [0.29, 0.717) is 17.7 Å². The smallest absolute Gasteiger partial charge is 0.255 e. The molecule has 29 heavy (non-hydrogen) atoms. The lowest BCUT2D eigenvalue weighted by Gasteiger charge is -2.14. The molecule has 0 saturated heterocycles. The van der Waals surface area contributed by atoms with E-state index in [1.165, 1.54) is 0 Å². The van der Waals surface area contributed by atoms with E-state index in [-0.39, 0.29) is 11.8 Å². The topological polar surface area (TPSA) is 58.2 Å². The van der Waals surface area contributed by atoms with Crippen molar-refractivity contribution in [3.05, 3.63) is 95.1 Å². The van der Waals surface area contributed by atoms with Crippen LogP contribution >= 0.6 is 0 Å². The number of para-hydroxylation sites is 1. The second-order valence-electron chi connectivity index (χ2n) is 6.90. The average molecular weight is 386 g/mol. The lowest BCUT2D eigenvalue weighted by Crippen LogP contribution is -2.16. The van der Waals surface area contributed by atoms with Crippen LogP contribution in [-0.4, -0.2) is 11.8 Å². The fraction of sp³-hybridized carbons (Fsp3) is 0.200. The zero-order chi connectivity index (χ0) is 20.6. The van der Waals surface area contributed by atoms with Gasteiger partial charge in [0.2, 0.25) is 5.91 Å². The van der Waals surface area contributed by atoms with E-state index in [1.807, 2.05) is 48.5 Å². The van der Waals surface area contributed by atoms with Crippen molar-refractivity contribution in [3.8, 4) is 0 Å². The molecule has 0 bridgehead atoms. The summed E-state index contributed by atoms with van der Waals surface area (Å²) in [5, 5.41) is 5.94. The Morgan fingerprint density at radius 1 is 0.724 bits per heavy atom. The number of benzene rings is 3. The molecule has 3 aromatic carbocycles. The molecular formula is C25H26N2O2. The molecule has 0 radical (unpaired) electrons. The van der Waals surface area contributed by atoms with Crippen LogP contribution in [0.4, 0.5) is 11.4 Å². The normalized spacial score (nSPS) is 10.4. The summed E-state index contributed by atoms with van der Waals surface area (Å²) in [5.74, 6) is -0.236. The summed E-state index contributed by atoms with van der Waals surface area (Å²) < 4.78 is 0. The van der Waals surface area contributed by atoms with Gasteiger partial charge < -0.3 is 10.6 Å². The van der Waals surface area contributed by atoms with Gasteiger partial charge in [-0.05, 0) is 53.8 Å². The quantitative estimate of drug-likeness (QED) is 0.583. The summed E-state index contributed by atoms with van der Waals surface area (Å²) in [6.45, 7) is 4.16. The molecule has 2 N–H and O–H groups in total. The minimum Gasteiger partial charge on any atom is -0.326 e. The lowest BCUT2D eigenvalue weighted by atomic mass is 10.0. The lowest BCUT2D eigenvalue weighted by molar-refractivity contribution is -0.115. The van der Waals surface area contributed by atoms with E-state index < -0.39 is 0 Å². The molecule has 0 aromatic heterocycles. The molecule has 0 spiro atoms. The molecule has 0 unspecified atom stereocenters. The first-order chi connectivity index (χ1) is 14.1. The van der Waals surface area contributed by atoms with E-state index >= 15 is 0 Å². The molecule has 0 fully saturated rings. The predicted molar refractivity (Wildman–Crippen MR) is 118 cm³/mol. The molecule has 2 amide bonds. The van der Waals surface area contributed by atoms with Crippen LogP contribution in [0.15, 0.2) is 72.8 Å². The highest BCUT2D eigenvalue weighted by atomic mass is 16.2. The molecule has 3 aromatic rings. The van der Waals surface area contributed by atoms with Crippen molar-refractivity contribution in [2.75, 3.05) is 10.6 Å². The Morgan fingerprint density at radius 2 is 1.34 bits per heavy atom. The van der Waals surface area contributed by atoms with Crippen LogP contribution in [0.3, 0.4) is 0 Å². The second kappa shape index (κ2) is 9.69. The largest absolute Gasteiger partial charge is 0.326 e. The first kappa shape index (κ1) is 20.3. The molecule has 3 rings (SSSR count). The molecule has 4 nitrogen and oxygen atoms in total. The number of carbonyl (C=O) groups is 2. The van der Waals surface area contributed by atoms with Gasteiger partial charge in [-0.3, -0.25) is 9.59 Å². The summed E-state index contributed by atoms with van der Waals surface area (Å²) in [5.41, 5.74) is 5.35. The van der Waals surface area contributed by atoms with Crippen molar-refractivity contribution < 1.29 is 9.59 Å². The van der Waals surface area contributed by atoms with E-state index in [0.717, 1.165) is 35.2 Å². The van der Waals surface area contributed by atoms with Gasteiger partial charge in [-0.2, -0.15) is 0 Å². The fourth-order valence-electron chi connectivity index (χ4n) is 3.28. The van der Waals surface area contributed by atoms with Crippen molar-refractivity contribution in [3.63, 3.8) is 0 Å². The van der Waals surface area contributed by atoms with Crippen LogP contribution < -0.4 is 10.6 Å². The number of hydrogen-bond acceptors (Lipinski definition) is 2. The predicted octanol–water partition coefficient (Wildman–Crippen LogP) is 5.24. The number of hydrogen-bond donors (Lipinski definition) is 2. The molecular weight excluding hydrogens is 360 g/mol. The first-order valence-electron chi connectivity index (χ1n) is 9.96. The third kappa shape index (κ3) is 5.32. The Bertz CT molecular complexity index is 957. The number of rotatable bonds is 7. The van der Waals surface area contributed by atoms with Crippen molar-refractivity contribution in [1.29, 1.82) is 0 Å². The van der Waals surface area contributed by atoms with Crippen molar-refractivity contribution in [2.45, 2.75) is 33.1 Å². The maximum absolute atomic E-state index is 12.7. The minimum atomic E-state index is -0.150. The van der Waals surface area contributed by atoms with Gasteiger partial charge in [0.1, 0.15) is 0 Å². The summed E-state index contributed by atoms with van der Waals surface area (Å²) >= 11 is 0. The van der Waals surface area contributed by atoms with Gasteiger partial charge in [-0.15, -0.1) is 0 Å². The molecule has 0 aliphatic rings. The van der Waals surface area contributed by atoms with E-state index in [4.69, 9.17) is 0 Å². The summed E-state index contributed by atoms with van der Waals surface area (Å²) in [7, 11) is 0. The number of carbonyl (C=O) groups excluding carboxylic acids is 2. The van der Waals surface area contributed by atoms with Crippen LogP contribution in [0.1, 0.15) is 40.9 Å². The maximum Gasteiger partial charge on any atom is 0.255 e. The highest BCUT2D eigenvalue weighted by Gasteiger charge is 2.12. The van der Waals surface area contributed by atoms with Crippen molar-refractivity contribution in [2.24, 2.45) is 0 Å². The van der Waals surface area contributed by atoms with Crippen molar-refractivity contribution in [1.82, 2.24) is 0 Å². The van der Waals surface area contributed by atoms with Crippen LogP contribution in [0.5, 0.6) is 0 Å². The molecule has 0 aliphatic carbocycles. The van der Waals surface area contributed by atoms with Crippen LogP contribution in [0, 0.1) is 0 Å². The van der Waals surface area contributed by atoms with Gasteiger partial charge >= 0.3 is 0 Å². The standard InChI is InChI=1S/C25H26N2O2/c1-3-19-11-8-12-20(4-2)24(19)27-25(29)21-13-15-22(16-14-21)26-23(28)17-18-9-6-5-7-10-18/h5-16H,3-4,17H2,1-2H3,(H,26,28)(H,27,29). The second-order valence-corrected chi connectivity index (χ2v) is 6.90. The number of aryl methyl sites for hydroxylation is 2. The number of nitrogens with one attached hydrogen (secondary N) is 2. The van der Waals surface area contributed by atoms with Gasteiger partial charge in [0.15, 0.2) is 0 Å². The molecule has 0 atom stereocenters. The zero-order valence-corrected chi connectivity index (χ0v) is 16.9. The van der Waals surface area contributed by atoms with Crippen LogP contribution in [0.25, 0.3) is 0 Å². The van der Waals surface area contributed by atoms with Gasteiger partial charge in [-0.25, -0.2) is 0 Å². The third-order valence-corrected chi connectivity index (χ3v) is 4.88. The first-order valence-corrected chi connectivity index (χ1v) is 9.96. The zero-order valence-electron chi connectivity index (χ0n) is 16.9. The van der Waals surface area contributed by atoms with Crippen LogP contribution in [0.2, 0.25) is 0 Å². The fourth-order valence-corrected chi connectivity index (χ4v) is 3.28. The maximum atomic E-state index is 12.7. The summed E-state index contributed by atoms with van der Waals surface area (Å²) in [6.07, 6.45) is 2.03. The molecule has 0 aliphatic heterocycles. The monoisotopic (exact) mass is 386 g/mol. The van der Waals surface area contributed by atoms with Gasteiger partial charge in [0.05, 0.1) is 6.42 Å². The Kier molecular flexibility index (Phi) is 6.80. The van der Waals surface area contributed by atoms with Gasteiger partial charge in [-0.1, -0.05) is 62.4 Å². The highest BCUT2D eigenvalue weighted by Crippen LogP contribution is 2.23. The van der Waals surface area contributed by atoms with Gasteiger partial charge in [0, 0.05) is 16.9 Å². The van der Waals surface area contributed by atoms with Crippen LogP contribution in [-0.2, 0) is 24.1 Å². The van der Waals surface area contributed by atoms with E-state index in [9.17, 15) is 9.59 Å². The molecule has 148 valence electrons. The summed E-state index contributed by atoms with van der Waals surface area (Å²) in [4.78, 5) is 24.9. The molecule has 4 heteroatoms. The Labute approximate surface area is 172 Å². The Morgan fingerprint density at radius 3 is 1.93 bits per heavy atom. The average Bonchev–Trinajstić information content (AvgIpc) is 2.75. The Hall–Kier alpha value is -3.40. The van der Waals surface area contributed by atoms with Crippen molar-refractivity contribution >= 4 is 23.2 Å². The number of anilines is 2. The third-order valence-electron chi connectivity index (χ3n) is 4.88. The van der Waals surface area contributed by atoms with Gasteiger partial charge in [0.25, 0.3) is 5.91 Å². The summed E-state index contributed by atoms with van der Waals surface area (Å²) in [6, 6.07) is 22.7. The highest BCUT2D eigenvalue weighted by molar-refractivity contribution is 6.05. The molecule has 0 heterocycles. The molecule has 0 saturated carbocycles. The van der Waals surface area contributed by atoms with E-state index in [2.05, 4.69) is 24.5 Å². The van der Waals surface area contributed by atoms with E-state index in [1.54, 1.807) is 24.3 Å². The minimum absolute atomic E-state index is 0.0853.